The molecule has 152 valence electrons. The summed E-state index contributed by atoms with van der Waals surface area (Å²) in [5.74, 6) is -1.32. The van der Waals surface area contributed by atoms with E-state index >= 15 is 0 Å². The van der Waals surface area contributed by atoms with Gasteiger partial charge in [-0.25, -0.2) is 14.0 Å². The second kappa shape index (κ2) is 7.06. The van der Waals surface area contributed by atoms with E-state index in [0.29, 0.717) is 19.3 Å². The molecule has 0 saturated heterocycles. The number of carbonyl (C=O) groups is 2. The quantitative estimate of drug-likeness (QED) is 0.743. The first kappa shape index (κ1) is 19.2. The van der Waals surface area contributed by atoms with Crippen LogP contribution in [0.4, 0.5) is 9.18 Å². The summed E-state index contributed by atoms with van der Waals surface area (Å²) in [6, 6.07) is 12.9. The number of carbonyl (C=O) groups excluding carboxylic acids is 1. The summed E-state index contributed by atoms with van der Waals surface area (Å²) in [5, 5.41) is 12.2. The van der Waals surface area contributed by atoms with Crippen molar-refractivity contribution < 1.29 is 28.6 Å². The van der Waals surface area contributed by atoms with Crippen LogP contribution in [0.5, 0.6) is 5.75 Å². The van der Waals surface area contributed by atoms with Crippen LogP contribution in [0.2, 0.25) is 0 Å². The molecule has 3 aliphatic carbocycles. The molecule has 0 spiro atoms. The number of hydrogen-bond acceptors (Lipinski definition) is 4. The molecule has 2 aromatic rings. The molecular formula is C22H22FNO5. The van der Waals surface area contributed by atoms with E-state index < -0.39 is 29.3 Å². The van der Waals surface area contributed by atoms with E-state index in [-0.39, 0.29) is 17.8 Å². The maximum Gasteiger partial charge on any atom is 0.408 e. The topological polar surface area (TPSA) is 84.9 Å². The minimum absolute atomic E-state index is 0.0747. The fourth-order valence-electron chi connectivity index (χ4n) is 4.83. The zero-order chi connectivity index (χ0) is 20.6. The van der Waals surface area contributed by atoms with Crippen molar-refractivity contribution in [3.8, 4) is 5.75 Å². The van der Waals surface area contributed by atoms with Crippen molar-refractivity contribution in [3.63, 3.8) is 0 Å². The molecule has 2 aromatic carbocycles. The Hall–Kier alpha value is -3.09. The van der Waals surface area contributed by atoms with E-state index in [1.807, 2.05) is 30.3 Å². The molecule has 3 aliphatic rings. The highest BCUT2D eigenvalue weighted by Gasteiger charge is 2.72. The maximum atomic E-state index is 13.7. The molecule has 1 atom stereocenters. The van der Waals surface area contributed by atoms with Gasteiger partial charge in [0.2, 0.25) is 0 Å². The summed E-state index contributed by atoms with van der Waals surface area (Å²) < 4.78 is 23.9. The normalized spacial score (nSPS) is 25.2. The highest BCUT2D eigenvalue weighted by Crippen LogP contribution is 2.75. The van der Waals surface area contributed by atoms with E-state index in [1.165, 1.54) is 13.2 Å². The number of carboxylic acid groups (broad SMARTS) is 1. The summed E-state index contributed by atoms with van der Waals surface area (Å²) in [4.78, 5) is 24.0. The van der Waals surface area contributed by atoms with Crippen LogP contribution in [0.1, 0.15) is 30.4 Å². The van der Waals surface area contributed by atoms with Gasteiger partial charge in [-0.05, 0) is 47.9 Å². The molecule has 7 heteroatoms. The molecule has 6 nitrogen and oxygen atoms in total. The van der Waals surface area contributed by atoms with Gasteiger partial charge in [0.1, 0.15) is 12.6 Å². The van der Waals surface area contributed by atoms with Crippen molar-refractivity contribution in [1.82, 2.24) is 5.32 Å². The monoisotopic (exact) mass is 399 g/mol. The van der Waals surface area contributed by atoms with Gasteiger partial charge in [0.05, 0.1) is 7.11 Å². The molecular weight excluding hydrogens is 377 g/mol. The fraction of sp³-hybridized carbons (Fsp3) is 0.364. The Morgan fingerprint density at radius 1 is 1.17 bits per heavy atom. The number of hydrogen-bond donors (Lipinski definition) is 2. The lowest BCUT2D eigenvalue weighted by atomic mass is 9.31. The molecule has 0 heterocycles. The summed E-state index contributed by atoms with van der Waals surface area (Å²) in [7, 11) is 1.41. The highest BCUT2D eigenvalue weighted by atomic mass is 19.1. The molecule has 0 aliphatic heterocycles. The van der Waals surface area contributed by atoms with Crippen LogP contribution >= 0.6 is 0 Å². The molecule has 1 unspecified atom stereocenters. The van der Waals surface area contributed by atoms with E-state index in [1.54, 1.807) is 12.1 Å². The first-order chi connectivity index (χ1) is 13.9. The van der Waals surface area contributed by atoms with Crippen LogP contribution in [0.3, 0.4) is 0 Å². The third-order valence-corrected chi connectivity index (χ3v) is 6.17. The van der Waals surface area contributed by atoms with Gasteiger partial charge in [0.25, 0.3) is 0 Å². The maximum absolute atomic E-state index is 13.7. The fourth-order valence-corrected chi connectivity index (χ4v) is 4.83. The lowest BCUT2D eigenvalue weighted by Gasteiger charge is -2.72. The number of amides is 1. The van der Waals surface area contributed by atoms with Gasteiger partial charge < -0.3 is 19.9 Å². The number of ether oxygens (including phenoxy) is 2. The smallest absolute Gasteiger partial charge is 0.408 e. The zero-order valence-electron chi connectivity index (χ0n) is 16.0. The first-order valence-electron chi connectivity index (χ1n) is 9.42. The van der Waals surface area contributed by atoms with Crippen molar-refractivity contribution in [3.05, 3.63) is 65.5 Å². The Morgan fingerprint density at radius 2 is 1.86 bits per heavy atom. The third kappa shape index (κ3) is 3.30. The molecule has 0 radical (unpaired) electrons. The van der Waals surface area contributed by atoms with E-state index in [4.69, 9.17) is 9.47 Å². The molecule has 2 bridgehead atoms. The average molecular weight is 399 g/mol. The van der Waals surface area contributed by atoms with Gasteiger partial charge in [-0.15, -0.1) is 0 Å². The van der Waals surface area contributed by atoms with Crippen LogP contribution < -0.4 is 10.1 Å². The van der Waals surface area contributed by atoms with Gasteiger partial charge in [0.15, 0.2) is 11.6 Å². The second-order valence-corrected chi connectivity index (χ2v) is 8.00. The summed E-state index contributed by atoms with van der Waals surface area (Å²) >= 11 is 0. The van der Waals surface area contributed by atoms with Crippen LogP contribution in [0, 0.1) is 11.2 Å². The first-order valence-corrected chi connectivity index (χ1v) is 9.42. The van der Waals surface area contributed by atoms with E-state index in [2.05, 4.69) is 5.32 Å². The second-order valence-electron chi connectivity index (χ2n) is 8.00. The van der Waals surface area contributed by atoms with Crippen molar-refractivity contribution in [2.75, 3.05) is 7.11 Å². The van der Waals surface area contributed by atoms with E-state index in [9.17, 15) is 19.1 Å². The molecule has 1 amide bonds. The van der Waals surface area contributed by atoms with E-state index in [0.717, 1.165) is 11.1 Å². The number of halogens is 1. The minimum atomic E-state index is -1.08. The van der Waals surface area contributed by atoms with Crippen LogP contribution in [0.15, 0.2) is 48.5 Å². The molecule has 2 N–H and O–H groups in total. The zero-order valence-corrected chi connectivity index (χ0v) is 16.0. The van der Waals surface area contributed by atoms with Crippen molar-refractivity contribution in [2.24, 2.45) is 5.41 Å². The Morgan fingerprint density at radius 3 is 2.48 bits per heavy atom. The summed E-state index contributed by atoms with van der Waals surface area (Å²) in [6.45, 7) is 0.0747. The van der Waals surface area contributed by atoms with Crippen LogP contribution in [-0.4, -0.2) is 30.3 Å². The minimum Gasteiger partial charge on any atom is -0.494 e. The lowest BCUT2D eigenvalue weighted by molar-refractivity contribution is -0.183. The summed E-state index contributed by atoms with van der Waals surface area (Å²) in [5.41, 5.74) is 1.08. The molecule has 0 aromatic heterocycles. The largest absolute Gasteiger partial charge is 0.494 e. The molecule has 3 fully saturated rings. The summed E-state index contributed by atoms with van der Waals surface area (Å²) in [6.07, 6.45) is 1.10. The number of nitrogens with one attached hydrogen (secondary N) is 1. The third-order valence-electron chi connectivity index (χ3n) is 6.17. The van der Waals surface area contributed by atoms with Crippen LogP contribution in [0.25, 0.3) is 0 Å². The van der Waals surface area contributed by atoms with Gasteiger partial charge in [-0.3, -0.25) is 0 Å². The van der Waals surface area contributed by atoms with Crippen LogP contribution in [-0.2, 0) is 21.6 Å². The van der Waals surface area contributed by atoms with Crippen molar-refractivity contribution in [1.29, 1.82) is 0 Å². The molecule has 5 rings (SSSR count). The Balaban J connectivity index is 1.39. The predicted molar refractivity (Wildman–Crippen MR) is 102 cm³/mol. The Kier molecular flexibility index (Phi) is 4.68. The average Bonchev–Trinajstić information content (AvgIpc) is 2.65. The lowest BCUT2D eigenvalue weighted by Crippen LogP contribution is -2.73. The predicted octanol–water partition coefficient (Wildman–Crippen LogP) is 3.64. The Labute approximate surface area is 167 Å². The number of benzene rings is 2. The molecule has 3 saturated carbocycles. The van der Waals surface area contributed by atoms with Gasteiger partial charge in [0, 0.05) is 5.41 Å². The van der Waals surface area contributed by atoms with Gasteiger partial charge >= 0.3 is 12.1 Å². The number of alkyl carbamates (subject to hydrolysis) is 1. The van der Waals surface area contributed by atoms with Gasteiger partial charge in [-0.1, -0.05) is 36.4 Å². The number of rotatable bonds is 7. The standard InChI is InChI=1S/C22H22FNO5/c1-28-17-9-15(7-8-16(17)23)21-11-22(12-21,13-21)18(19(25)26)24-20(27)29-10-14-5-3-2-4-6-14/h2-9,18H,10-13H2,1H3,(H,24,27)(H,25,26). The van der Waals surface area contributed by atoms with Gasteiger partial charge in [-0.2, -0.15) is 0 Å². The van der Waals surface area contributed by atoms with Crippen molar-refractivity contribution in [2.45, 2.75) is 37.3 Å². The highest BCUT2D eigenvalue weighted by molar-refractivity contribution is 5.82. The molecule has 29 heavy (non-hydrogen) atoms. The number of aliphatic carboxylic acids is 1. The number of carboxylic acids is 1. The Bertz CT molecular complexity index is 926. The van der Waals surface area contributed by atoms with Crippen molar-refractivity contribution >= 4 is 12.1 Å². The SMILES string of the molecule is COc1cc(C23CC(C(NC(=O)OCc4ccccc4)C(=O)O)(C2)C3)ccc1F. The number of methoxy groups -OCH3 is 1.